The van der Waals surface area contributed by atoms with Crippen molar-refractivity contribution in [2.45, 2.75) is 44.9 Å². The Hall–Kier alpha value is -1.05. The lowest BCUT2D eigenvalue weighted by molar-refractivity contribution is -0.136. The second-order valence-corrected chi connectivity index (χ2v) is 6.03. The maximum atomic E-state index is 12.0. The number of carbonyl (C=O) groups is 1. The number of fused-ring (bicyclic) bond motifs is 1. The maximum absolute atomic E-state index is 12.0. The molecule has 0 aromatic rings. The largest absolute Gasteiger partial charge is 0.466 e. The number of allylic oxidation sites excluding steroid dienone is 3. The number of methoxy groups -OCH3 is 1. The van der Waals surface area contributed by atoms with Crippen LogP contribution in [0.5, 0.6) is 0 Å². The Bertz CT molecular complexity index is 483. The molecule has 0 heterocycles. The average Bonchev–Trinajstić information content (AvgIpc) is 2.76. The number of hydrogen-bond donors (Lipinski definition) is 0. The van der Waals surface area contributed by atoms with E-state index < -0.39 is 0 Å². The van der Waals surface area contributed by atoms with Gasteiger partial charge >= 0.3 is 5.97 Å². The van der Waals surface area contributed by atoms with Crippen LogP contribution in [0.4, 0.5) is 0 Å². The highest BCUT2D eigenvalue weighted by Crippen LogP contribution is 2.72. The molecule has 1 spiro atoms. The second kappa shape index (κ2) is 3.04. The molecule has 4 aliphatic rings. The first-order valence-electron chi connectivity index (χ1n) is 6.79. The van der Waals surface area contributed by atoms with Gasteiger partial charge in [0.05, 0.1) is 7.11 Å². The molecule has 0 amide bonds. The van der Waals surface area contributed by atoms with Gasteiger partial charge in [0, 0.05) is 5.57 Å². The summed E-state index contributed by atoms with van der Waals surface area (Å²) in [5, 5.41) is 0. The highest BCUT2D eigenvalue weighted by Gasteiger charge is 2.62. The lowest BCUT2D eigenvalue weighted by atomic mass is 9.78. The molecule has 4 rings (SSSR count). The first kappa shape index (κ1) is 9.93. The van der Waals surface area contributed by atoms with Crippen LogP contribution in [0.1, 0.15) is 44.9 Å². The van der Waals surface area contributed by atoms with Gasteiger partial charge in [0.1, 0.15) is 0 Å². The highest BCUT2D eigenvalue weighted by molar-refractivity contribution is 5.91. The minimum Gasteiger partial charge on any atom is -0.466 e. The van der Waals surface area contributed by atoms with Gasteiger partial charge in [-0.3, -0.25) is 0 Å². The first-order chi connectivity index (χ1) is 8.26. The zero-order valence-corrected chi connectivity index (χ0v) is 10.3. The van der Waals surface area contributed by atoms with Gasteiger partial charge in [-0.25, -0.2) is 4.79 Å². The molecule has 0 N–H and O–H groups in total. The summed E-state index contributed by atoms with van der Waals surface area (Å²) in [5.41, 5.74) is 6.12. The van der Waals surface area contributed by atoms with Crippen LogP contribution in [0.25, 0.3) is 0 Å². The van der Waals surface area contributed by atoms with Gasteiger partial charge in [0.25, 0.3) is 0 Å². The Kier molecular flexibility index (Phi) is 1.77. The molecule has 2 atom stereocenters. The van der Waals surface area contributed by atoms with Crippen LogP contribution in [0.2, 0.25) is 0 Å². The second-order valence-electron chi connectivity index (χ2n) is 6.03. The monoisotopic (exact) mass is 230 g/mol. The molecule has 3 fully saturated rings. The van der Waals surface area contributed by atoms with Crippen LogP contribution < -0.4 is 0 Å². The van der Waals surface area contributed by atoms with E-state index in [2.05, 4.69) is 0 Å². The van der Waals surface area contributed by atoms with E-state index in [1.54, 1.807) is 11.1 Å². The summed E-state index contributed by atoms with van der Waals surface area (Å²) in [6, 6.07) is 0. The molecule has 0 radical (unpaired) electrons. The first-order valence-corrected chi connectivity index (χ1v) is 6.79. The maximum Gasteiger partial charge on any atom is 0.334 e. The minimum absolute atomic E-state index is 0.0645. The topological polar surface area (TPSA) is 26.3 Å². The number of carbonyl (C=O) groups excluding carboxylic acids is 1. The fourth-order valence-corrected chi connectivity index (χ4v) is 4.62. The van der Waals surface area contributed by atoms with Crippen LogP contribution in [-0.4, -0.2) is 13.1 Å². The van der Waals surface area contributed by atoms with Crippen molar-refractivity contribution in [1.82, 2.24) is 0 Å². The van der Waals surface area contributed by atoms with Crippen LogP contribution in [0, 0.1) is 11.3 Å². The van der Waals surface area contributed by atoms with E-state index in [0.29, 0.717) is 5.41 Å². The fourth-order valence-electron chi connectivity index (χ4n) is 4.62. The third kappa shape index (κ3) is 1.09. The third-order valence-corrected chi connectivity index (χ3v) is 5.45. The van der Waals surface area contributed by atoms with Gasteiger partial charge in [-0.1, -0.05) is 5.57 Å². The summed E-state index contributed by atoms with van der Waals surface area (Å²) >= 11 is 0. The summed E-state index contributed by atoms with van der Waals surface area (Å²) in [6.45, 7) is 0. The zero-order chi connectivity index (χ0) is 11.6. The summed E-state index contributed by atoms with van der Waals surface area (Å²) in [4.78, 5) is 12.0. The molecule has 0 aliphatic heterocycles. The minimum atomic E-state index is -0.0645. The van der Waals surface area contributed by atoms with Crippen LogP contribution >= 0.6 is 0 Å². The summed E-state index contributed by atoms with van der Waals surface area (Å²) in [5.74, 6) is 0.817. The SMILES string of the molecule is COC(=O)C1=C2CCCC2=C2CCC3CC23C1. The number of rotatable bonds is 1. The molecule has 17 heavy (non-hydrogen) atoms. The van der Waals surface area contributed by atoms with E-state index in [4.69, 9.17) is 4.74 Å². The summed E-state index contributed by atoms with van der Waals surface area (Å²) in [7, 11) is 1.51. The molecule has 0 aromatic heterocycles. The van der Waals surface area contributed by atoms with E-state index in [1.165, 1.54) is 44.8 Å². The summed E-state index contributed by atoms with van der Waals surface area (Å²) < 4.78 is 4.99. The van der Waals surface area contributed by atoms with Gasteiger partial charge in [-0.15, -0.1) is 0 Å². The standard InChI is InChI=1S/C15H18O2/c1-17-14(16)12-8-15-7-9(15)5-6-13(15)11-4-2-3-10(11)12/h9H,2-8H2,1H3. The van der Waals surface area contributed by atoms with Crippen molar-refractivity contribution in [3.05, 3.63) is 22.3 Å². The molecule has 2 unspecified atom stereocenters. The van der Waals surface area contributed by atoms with Gasteiger partial charge in [0.2, 0.25) is 0 Å². The Balaban J connectivity index is 1.87. The molecule has 90 valence electrons. The Labute approximate surface area is 102 Å². The highest BCUT2D eigenvalue weighted by atomic mass is 16.5. The third-order valence-electron chi connectivity index (χ3n) is 5.45. The van der Waals surface area contributed by atoms with Gasteiger partial charge in [-0.2, -0.15) is 0 Å². The predicted molar refractivity (Wildman–Crippen MR) is 64.3 cm³/mol. The molecule has 2 nitrogen and oxygen atoms in total. The van der Waals surface area contributed by atoms with Crippen molar-refractivity contribution >= 4 is 5.97 Å². The normalized spacial score (nSPS) is 37.8. The lowest BCUT2D eigenvalue weighted by Crippen LogP contribution is -2.19. The Morgan fingerprint density at radius 1 is 1.29 bits per heavy atom. The molecular weight excluding hydrogens is 212 g/mol. The molecule has 3 saturated carbocycles. The molecule has 2 heteroatoms. The van der Waals surface area contributed by atoms with Crippen molar-refractivity contribution in [1.29, 1.82) is 0 Å². The molecule has 0 saturated heterocycles. The Morgan fingerprint density at radius 2 is 2.12 bits per heavy atom. The van der Waals surface area contributed by atoms with Crippen molar-refractivity contribution in [3.63, 3.8) is 0 Å². The van der Waals surface area contributed by atoms with Crippen LogP contribution in [0.15, 0.2) is 22.3 Å². The smallest absolute Gasteiger partial charge is 0.334 e. The van der Waals surface area contributed by atoms with Crippen molar-refractivity contribution in [2.24, 2.45) is 11.3 Å². The molecule has 0 aromatic carbocycles. The number of ether oxygens (including phenoxy) is 1. The fraction of sp³-hybridized carbons (Fsp3) is 0.667. The van der Waals surface area contributed by atoms with Crippen LogP contribution in [0.3, 0.4) is 0 Å². The van der Waals surface area contributed by atoms with Crippen molar-refractivity contribution in [2.75, 3.05) is 7.11 Å². The van der Waals surface area contributed by atoms with Gasteiger partial charge in [0.15, 0.2) is 0 Å². The van der Waals surface area contributed by atoms with Gasteiger partial charge in [-0.05, 0) is 67.4 Å². The zero-order valence-electron chi connectivity index (χ0n) is 10.3. The van der Waals surface area contributed by atoms with Crippen molar-refractivity contribution in [3.8, 4) is 0 Å². The number of esters is 1. The van der Waals surface area contributed by atoms with Crippen LogP contribution in [-0.2, 0) is 9.53 Å². The van der Waals surface area contributed by atoms with E-state index in [1.807, 2.05) is 0 Å². The van der Waals surface area contributed by atoms with Crippen molar-refractivity contribution < 1.29 is 9.53 Å². The summed E-state index contributed by atoms with van der Waals surface area (Å²) in [6.07, 6.45) is 8.52. The number of hydrogen-bond acceptors (Lipinski definition) is 2. The lowest BCUT2D eigenvalue weighted by Gasteiger charge is -2.27. The van der Waals surface area contributed by atoms with E-state index in [9.17, 15) is 4.79 Å². The average molecular weight is 230 g/mol. The quantitative estimate of drug-likeness (QED) is 0.647. The Morgan fingerprint density at radius 3 is 2.88 bits per heavy atom. The predicted octanol–water partition coefficient (Wildman–Crippen LogP) is 3.14. The van der Waals surface area contributed by atoms with Gasteiger partial charge < -0.3 is 4.74 Å². The molecule has 0 bridgehead atoms. The van der Waals surface area contributed by atoms with E-state index >= 15 is 0 Å². The van der Waals surface area contributed by atoms with E-state index in [-0.39, 0.29) is 5.97 Å². The van der Waals surface area contributed by atoms with E-state index in [0.717, 1.165) is 24.3 Å². The molecule has 4 aliphatic carbocycles. The molecular formula is C15H18O2.